The highest BCUT2D eigenvalue weighted by Crippen LogP contribution is 2.39. The van der Waals surface area contributed by atoms with Gasteiger partial charge in [0, 0.05) is 18.7 Å². The third-order valence-electron chi connectivity index (χ3n) is 2.44. The molecule has 76 valence electrons. The summed E-state index contributed by atoms with van der Waals surface area (Å²) >= 11 is 5.92. The first-order chi connectivity index (χ1) is 6.70. The Balaban J connectivity index is 2.30. The normalized spacial score (nSPS) is 18.2. The van der Waals surface area contributed by atoms with Crippen molar-refractivity contribution < 1.29 is 4.74 Å². The lowest BCUT2D eigenvalue weighted by Gasteiger charge is -2.09. The van der Waals surface area contributed by atoms with E-state index in [4.69, 9.17) is 16.3 Å². The summed E-state index contributed by atoms with van der Waals surface area (Å²) in [6.07, 6.45) is 2.34. The zero-order chi connectivity index (χ0) is 10.1. The van der Waals surface area contributed by atoms with Crippen LogP contribution >= 0.6 is 11.6 Å². The zero-order valence-corrected chi connectivity index (χ0v) is 9.08. The first kappa shape index (κ1) is 9.87. The van der Waals surface area contributed by atoms with E-state index in [9.17, 15) is 0 Å². The zero-order valence-electron chi connectivity index (χ0n) is 8.33. The Bertz CT molecular complexity index is 339. The molecule has 1 aliphatic carbocycles. The summed E-state index contributed by atoms with van der Waals surface area (Å²) in [6, 6.07) is 1.85. The first-order valence-electron chi connectivity index (χ1n) is 4.78. The second kappa shape index (κ2) is 3.83. The summed E-state index contributed by atoms with van der Waals surface area (Å²) in [4.78, 5) is 8.59. The van der Waals surface area contributed by atoms with Crippen LogP contribution in [0.3, 0.4) is 0 Å². The van der Waals surface area contributed by atoms with Gasteiger partial charge in [0.2, 0.25) is 0 Å². The molecule has 0 radical (unpaired) electrons. The van der Waals surface area contributed by atoms with E-state index in [2.05, 4.69) is 9.97 Å². The van der Waals surface area contributed by atoms with Crippen molar-refractivity contribution in [3.8, 4) is 0 Å². The van der Waals surface area contributed by atoms with Crippen molar-refractivity contribution in [1.29, 1.82) is 0 Å². The Morgan fingerprint density at radius 2 is 2.21 bits per heavy atom. The van der Waals surface area contributed by atoms with Gasteiger partial charge >= 0.3 is 0 Å². The Labute approximate surface area is 88.5 Å². The van der Waals surface area contributed by atoms with Crippen LogP contribution in [-0.2, 0) is 4.74 Å². The van der Waals surface area contributed by atoms with Crippen LogP contribution in [-0.4, -0.2) is 17.1 Å². The SMILES string of the molecule is COC(C)c1nc(Cl)cc(C2CC2)n1. The lowest BCUT2D eigenvalue weighted by Crippen LogP contribution is -2.05. The number of halogens is 1. The van der Waals surface area contributed by atoms with Gasteiger partial charge in [0.25, 0.3) is 0 Å². The number of aromatic nitrogens is 2. The summed E-state index contributed by atoms with van der Waals surface area (Å²) in [5.41, 5.74) is 1.06. The van der Waals surface area contributed by atoms with Crippen LogP contribution in [0, 0.1) is 0 Å². The van der Waals surface area contributed by atoms with Crippen molar-refractivity contribution in [2.45, 2.75) is 31.8 Å². The van der Waals surface area contributed by atoms with E-state index in [1.807, 2.05) is 13.0 Å². The van der Waals surface area contributed by atoms with Crippen molar-refractivity contribution in [2.24, 2.45) is 0 Å². The standard InChI is InChI=1S/C10H13ClN2O/c1-6(14-2)10-12-8(7-3-4-7)5-9(11)13-10/h5-7H,3-4H2,1-2H3. The Kier molecular flexibility index (Phi) is 2.70. The molecular formula is C10H13ClN2O. The molecule has 0 spiro atoms. The van der Waals surface area contributed by atoms with Gasteiger partial charge in [-0.3, -0.25) is 0 Å². The smallest absolute Gasteiger partial charge is 0.158 e. The van der Waals surface area contributed by atoms with Crippen LogP contribution in [0.25, 0.3) is 0 Å². The molecule has 0 aromatic carbocycles. The third-order valence-corrected chi connectivity index (χ3v) is 2.64. The summed E-state index contributed by atoms with van der Waals surface area (Å²) in [5.74, 6) is 1.28. The minimum absolute atomic E-state index is 0.0915. The Morgan fingerprint density at radius 3 is 2.79 bits per heavy atom. The highest BCUT2D eigenvalue weighted by Gasteiger charge is 2.26. The Morgan fingerprint density at radius 1 is 1.50 bits per heavy atom. The molecule has 0 aliphatic heterocycles. The lowest BCUT2D eigenvalue weighted by molar-refractivity contribution is 0.112. The molecule has 1 aliphatic rings. The minimum Gasteiger partial charge on any atom is -0.374 e. The van der Waals surface area contributed by atoms with Crippen molar-refractivity contribution >= 4 is 11.6 Å². The molecule has 3 nitrogen and oxygen atoms in total. The fourth-order valence-corrected chi connectivity index (χ4v) is 1.53. The van der Waals surface area contributed by atoms with Gasteiger partial charge in [0.15, 0.2) is 5.82 Å². The maximum absolute atomic E-state index is 5.92. The van der Waals surface area contributed by atoms with Crippen molar-refractivity contribution in [1.82, 2.24) is 9.97 Å². The maximum atomic E-state index is 5.92. The molecule has 1 saturated carbocycles. The van der Waals surface area contributed by atoms with E-state index >= 15 is 0 Å². The van der Waals surface area contributed by atoms with Crippen LogP contribution in [0.5, 0.6) is 0 Å². The quantitative estimate of drug-likeness (QED) is 0.723. The van der Waals surface area contributed by atoms with Gasteiger partial charge < -0.3 is 4.74 Å². The summed E-state index contributed by atoms with van der Waals surface area (Å²) in [6.45, 7) is 1.92. The molecule has 1 atom stereocenters. The average Bonchev–Trinajstić information content (AvgIpc) is 2.98. The van der Waals surface area contributed by atoms with Gasteiger partial charge in [-0.25, -0.2) is 9.97 Å². The second-order valence-electron chi connectivity index (χ2n) is 3.63. The van der Waals surface area contributed by atoms with Gasteiger partial charge in [-0.2, -0.15) is 0 Å². The number of methoxy groups -OCH3 is 1. The third kappa shape index (κ3) is 2.04. The molecule has 1 aromatic rings. The first-order valence-corrected chi connectivity index (χ1v) is 5.15. The van der Waals surface area contributed by atoms with Crippen LogP contribution < -0.4 is 0 Å². The molecule has 1 aromatic heterocycles. The van der Waals surface area contributed by atoms with Crippen LogP contribution in [0.15, 0.2) is 6.07 Å². The highest BCUT2D eigenvalue weighted by atomic mass is 35.5. The molecule has 0 amide bonds. The lowest BCUT2D eigenvalue weighted by atomic mass is 10.2. The number of hydrogen-bond acceptors (Lipinski definition) is 3. The summed E-state index contributed by atoms with van der Waals surface area (Å²) in [5, 5.41) is 0.515. The van der Waals surface area contributed by atoms with Gasteiger partial charge in [0.05, 0.1) is 0 Å². The largest absolute Gasteiger partial charge is 0.374 e. The van der Waals surface area contributed by atoms with E-state index in [-0.39, 0.29) is 6.10 Å². The average molecular weight is 213 g/mol. The van der Waals surface area contributed by atoms with Gasteiger partial charge in [0.1, 0.15) is 11.3 Å². The fraction of sp³-hybridized carbons (Fsp3) is 0.600. The van der Waals surface area contributed by atoms with Gasteiger partial charge in [-0.05, 0) is 25.8 Å². The van der Waals surface area contributed by atoms with Gasteiger partial charge in [-0.1, -0.05) is 11.6 Å². The van der Waals surface area contributed by atoms with E-state index in [1.165, 1.54) is 12.8 Å². The molecule has 4 heteroatoms. The number of rotatable bonds is 3. The molecule has 14 heavy (non-hydrogen) atoms. The van der Waals surface area contributed by atoms with E-state index < -0.39 is 0 Å². The molecule has 1 heterocycles. The molecule has 1 unspecified atom stereocenters. The topological polar surface area (TPSA) is 35.0 Å². The summed E-state index contributed by atoms with van der Waals surface area (Å²) in [7, 11) is 1.64. The minimum atomic E-state index is -0.0915. The van der Waals surface area contributed by atoms with Crippen molar-refractivity contribution in [3.05, 3.63) is 22.7 Å². The Hall–Kier alpha value is -0.670. The molecule has 0 saturated heterocycles. The molecule has 1 fully saturated rings. The monoisotopic (exact) mass is 212 g/mol. The second-order valence-corrected chi connectivity index (χ2v) is 4.01. The molecule has 0 N–H and O–H groups in total. The summed E-state index contributed by atoms with van der Waals surface area (Å²) < 4.78 is 5.16. The van der Waals surface area contributed by atoms with Crippen LogP contribution in [0.4, 0.5) is 0 Å². The highest BCUT2D eigenvalue weighted by molar-refractivity contribution is 6.29. The fourth-order valence-electron chi connectivity index (χ4n) is 1.33. The number of nitrogens with zero attached hydrogens (tertiary/aromatic N) is 2. The van der Waals surface area contributed by atoms with Gasteiger partial charge in [-0.15, -0.1) is 0 Å². The van der Waals surface area contributed by atoms with Crippen molar-refractivity contribution in [3.63, 3.8) is 0 Å². The molecule has 0 bridgehead atoms. The predicted molar refractivity (Wildman–Crippen MR) is 54.4 cm³/mol. The predicted octanol–water partition coefficient (Wildman–Crippen LogP) is 2.71. The molecular weight excluding hydrogens is 200 g/mol. The van der Waals surface area contributed by atoms with E-state index in [0.717, 1.165) is 5.69 Å². The number of hydrogen-bond donors (Lipinski definition) is 0. The van der Waals surface area contributed by atoms with Crippen LogP contribution in [0.2, 0.25) is 5.15 Å². The van der Waals surface area contributed by atoms with Crippen LogP contribution in [0.1, 0.15) is 43.3 Å². The number of ether oxygens (including phenoxy) is 1. The maximum Gasteiger partial charge on any atom is 0.158 e. The van der Waals surface area contributed by atoms with Crippen molar-refractivity contribution in [2.75, 3.05) is 7.11 Å². The van der Waals surface area contributed by atoms with E-state index in [1.54, 1.807) is 7.11 Å². The van der Waals surface area contributed by atoms with E-state index in [0.29, 0.717) is 16.9 Å². The molecule has 2 rings (SSSR count).